The van der Waals surface area contributed by atoms with Crippen molar-refractivity contribution in [3.63, 3.8) is 0 Å². The number of nitrogens with zero attached hydrogens (tertiary/aromatic N) is 1. The molecule has 0 unspecified atom stereocenters. The van der Waals surface area contributed by atoms with Crippen molar-refractivity contribution in [1.82, 2.24) is 4.57 Å². The highest BCUT2D eigenvalue weighted by Gasteiger charge is 2.08. The Hall–Kier alpha value is -2.35. The van der Waals surface area contributed by atoms with Crippen LogP contribution in [-0.4, -0.2) is 10.9 Å². The molecule has 19 heavy (non-hydrogen) atoms. The first-order chi connectivity index (χ1) is 9.35. The topological polar surface area (TPSA) is 22.0 Å². The summed E-state index contributed by atoms with van der Waals surface area (Å²) >= 11 is 0. The lowest BCUT2D eigenvalue weighted by Gasteiger charge is -2.02. The van der Waals surface area contributed by atoms with Crippen LogP contribution in [0.1, 0.15) is 12.5 Å². The molecule has 1 aromatic heterocycles. The molecule has 3 rings (SSSR count). The van der Waals surface area contributed by atoms with Gasteiger partial charge in [-0.1, -0.05) is 30.3 Å². The molecule has 0 saturated heterocycles. The van der Waals surface area contributed by atoms with Crippen LogP contribution in [0.25, 0.3) is 27.9 Å². The van der Waals surface area contributed by atoms with Gasteiger partial charge in [0.15, 0.2) is 0 Å². The van der Waals surface area contributed by atoms with E-state index >= 15 is 0 Å². The predicted molar refractivity (Wildman–Crippen MR) is 80.2 cm³/mol. The number of aryl methyl sites for hydroxylation is 1. The average molecular weight is 249 g/mol. The summed E-state index contributed by atoms with van der Waals surface area (Å²) in [6, 6.07) is 14.8. The van der Waals surface area contributed by atoms with Crippen molar-refractivity contribution in [2.45, 2.75) is 13.5 Å². The van der Waals surface area contributed by atoms with E-state index in [-0.39, 0.29) is 0 Å². The second-order valence-corrected chi connectivity index (χ2v) is 4.53. The lowest BCUT2D eigenvalue weighted by atomic mass is 10.1. The third kappa shape index (κ3) is 1.85. The van der Waals surface area contributed by atoms with E-state index in [9.17, 15) is 4.79 Å². The Morgan fingerprint density at radius 3 is 2.63 bits per heavy atom. The van der Waals surface area contributed by atoms with Crippen LogP contribution >= 0.6 is 0 Å². The highest BCUT2D eigenvalue weighted by Crippen LogP contribution is 2.29. The maximum atomic E-state index is 10.4. The Kier molecular flexibility index (Phi) is 2.92. The van der Waals surface area contributed by atoms with Crippen molar-refractivity contribution in [1.29, 1.82) is 0 Å². The Morgan fingerprint density at radius 2 is 1.84 bits per heavy atom. The highest BCUT2D eigenvalue weighted by molar-refractivity contribution is 6.08. The van der Waals surface area contributed by atoms with E-state index in [0.717, 1.165) is 18.4 Å². The van der Waals surface area contributed by atoms with Gasteiger partial charge >= 0.3 is 0 Å². The molecular formula is C17H15NO. The number of aldehydes is 1. The summed E-state index contributed by atoms with van der Waals surface area (Å²) in [5.41, 5.74) is 3.56. The van der Waals surface area contributed by atoms with E-state index in [4.69, 9.17) is 0 Å². The second kappa shape index (κ2) is 4.73. The molecule has 2 nitrogen and oxygen atoms in total. The van der Waals surface area contributed by atoms with Gasteiger partial charge in [-0.25, -0.2) is 0 Å². The fraction of sp³-hybridized carbons (Fsp3) is 0.118. The molecule has 94 valence electrons. The van der Waals surface area contributed by atoms with Crippen LogP contribution in [0.2, 0.25) is 0 Å². The van der Waals surface area contributed by atoms with Crippen LogP contribution in [-0.2, 0) is 11.3 Å². The van der Waals surface area contributed by atoms with Crippen molar-refractivity contribution in [3.8, 4) is 0 Å². The zero-order valence-electron chi connectivity index (χ0n) is 10.8. The molecule has 0 atom stereocenters. The van der Waals surface area contributed by atoms with Crippen LogP contribution in [0.3, 0.4) is 0 Å². The molecule has 0 radical (unpaired) electrons. The van der Waals surface area contributed by atoms with Crippen LogP contribution in [0, 0.1) is 0 Å². The monoisotopic (exact) mass is 249 g/mol. The van der Waals surface area contributed by atoms with Gasteiger partial charge in [0.2, 0.25) is 0 Å². The van der Waals surface area contributed by atoms with Gasteiger partial charge in [-0.2, -0.15) is 0 Å². The molecule has 1 heterocycles. The smallest absolute Gasteiger partial charge is 0.142 e. The average Bonchev–Trinajstić information content (AvgIpc) is 2.78. The molecule has 0 spiro atoms. The third-order valence-electron chi connectivity index (χ3n) is 3.48. The molecule has 2 aromatic carbocycles. The van der Waals surface area contributed by atoms with Gasteiger partial charge < -0.3 is 4.57 Å². The quantitative estimate of drug-likeness (QED) is 0.507. The number of carbonyl (C=O) groups excluding carboxylic acids is 1. The van der Waals surface area contributed by atoms with Gasteiger partial charge in [-0.3, -0.25) is 4.79 Å². The number of carbonyl (C=O) groups is 1. The third-order valence-corrected chi connectivity index (χ3v) is 3.48. The summed E-state index contributed by atoms with van der Waals surface area (Å²) in [7, 11) is 0. The first-order valence-electron chi connectivity index (χ1n) is 6.48. The van der Waals surface area contributed by atoms with Gasteiger partial charge in [0.1, 0.15) is 6.29 Å². The van der Waals surface area contributed by atoms with Crippen LogP contribution in [0.4, 0.5) is 0 Å². The number of rotatable bonds is 3. The van der Waals surface area contributed by atoms with E-state index in [2.05, 4.69) is 47.9 Å². The van der Waals surface area contributed by atoms with Crippen molar-refractivity contribution in [2.75, 3.05) is 0 Å². The molecule has 0 N–H and O–H groups in total. The van der Waals surface area contributed by atoms with Crippen molar-refractivity contribution in [2.24, 2.45) is 0 Å². The fourth-order valence-electron chi connectivity index (χ4n) is 2.67. The molecular weight excluding hydrogens is 234 g/mol. The molecule has 0 fully saturated rings. The number of fused-ring (bicyclic) bond motifs is 3. The minimum absolute atomic E-state index is 0.805. The minimum atomic E-state index is 0.805. The van der Waals surface area contributed by atoms with Gasteiger partial charge in [0.05, 0.1) is 0 Å². The van der Waals surface area contributed by atoms with Crippen molar-refractivity contribution < 1.29 is 4.79 Å². The summed E-state index contributed by atoms with van der Waals surface area (Å²) < 4.78 is 2.32. The number of hydrogen-bond donors (Lipinski definition) is 0. The van der Waals surface area contributed by atoms with Crippen molar-refractivity contribution in [3.05, 3.63) is 54.1 Å². The zero-order chi connectivity index (χ0) is 13.2. The van der Waals surface area contributed by atoms with E-state index < -0.39 is 0 Å². The summed E-state index contributed by atoms with van der Waals surface area (Å²) in [5.74, 6) is 0. The lowest BCUT2D eigenvalue weighted by molar-refractivity contribution is -0.104. The van der Waals surface area contributed by atoms with Gasteiger partial charge in [0, 0.05) is 28.4 Å². The molecule has 0 aliphatic heterocycles. The van der Waals surface area contributed by atoms with E-state index in [1.165, 1.54) is 27.9 Å². The largest absolute Gasteiger partial charge is 0.341 e. The zero-order valence-corrected chi connectivity index (χ0v) is 10.8. The van der Waals surface area contributed by atoms with Crippen LogP contribution in [0.15, 0.2) is 48.5 Å². The summed E-state index contributed by atoms with van der Waals surface area (Å²) in [6.45, 7) is 3.11. The molecule has 0 aliphatic carbocycles. The SMILES string of the molecule is CCn1c2ccccc2c2cc(C=CC=O)ccc21. The van der Waals surface area contributed by atoms with Crippen LogP contribution in [0.5, 0.6) is 0 Å². The molecule has 3 aromatic rings. The number of benzene rings is 2. The van der Waals surface area contributed by atoms with Gasteiger partial charge in [-0.05, 0) is 36.8 Å². The molecule has 0 bridgehead atoms. The Bertz CT molecular complexity index is 780. The Balaban J connectivity index is 2.36. The summed E-state index contributed by atoms with van der Waals surface area (Å²) in [4.78, 5) is 10.4. The number of hydrogen-bond acceptors (Lipinski definition) is 1. The van der Waals surface area contributed by atoms with E-state index in [0.29, 0.717) is 0 Å². The molecule has 2 heteroatoms. The number of allylic oxidation sites excluding steroid dienone is 1. The maximum absolute atomic E-state index is 10.4. The minimum Gasteiger partial charge on any atom is -0.341 e. The van der Waals surface area contributed by atoms with Gasteiger partial charge in [0.25, 0.3) is 0 Å². The summed E-state index contributed by atoms with van der Waals surface area (Å²) in [5, 5.41) is 2.51. The number of para-hydroxylation sites is 1. The molecule has 0 saturated carbocycles. The normalized spacial score (nSPS) is 11.6. The standard InChI is InChI=1S/C17H15NO/c1-2-18-16-8-4-3-7-14(16)15-12-13(6-5-11-19)9-10-17(15)18/h3-12H,2H2,1H3. The Labute approximate surface area is 112 Å². The lowest BCUT2D eigenvalue weighted by Crippen LogP contribution is -1.92. The molecule has 0 amide bonds. The van der Waals surface area contributed by atoms with Crippen LogP contribution < -0.4 is 0 Å². The van der Waals surface area contributed by atoms with E-state index in [1.807, 2.05) is 12.1 Å². The second-order valence-electron chi connectivity index (χ2n) is 4.53. The van der Waals surface area contributed by atoms with Gasteiger partial charge in [-0.15, -0.1) is 0 Å². The molecule has 0 aliphatic rings. The Morgan fingerprint density at radius 1 is 1.05 bits per heavy atom. The van der Waals surface area contributed by atoms with Crippen molar-refractivity contribution >= 4 is 34.2 Å². The fourth-order valence-corrected chi connectivity index (χ4v) is 2.67. The number of aromatic nitrogens is 1. The predicted octanol–water partition coefficient (Wildman–Crippen LogP) is 4.03. The van der Waals surface area contributed by atoms with E-state index in [1.54, 1.807) is 0 Å². The highest BCUT2D eigenvalue weighted by atomic mass is 16.1. The first-order valence-corrected chi connectivity index (χ1v) is 6.48. The summed E-state index contributed by atoms with van der Waals surface area (Å²) in [6.07, 6.45) is 4.17. The first kappa shape index (κ1) is 11.7. The maximum Gasteiger partial charge on any atom is 0.142 e.